The molecule has 0 radical (unpaired) electrons. The van der Waals surface area contributed by atoms with Crippen molar-refractivity contribution in [2.24, 2.45) is 52.3 Å². The van der Waals surface area contributed by atoms with Crippen LogP contribution in [0, 0.1) is 52.3 Å². The van der Waals surface area contributed by atoms with Crippen molar-refractivity contribution in [2.75, 3.05) is 6.79 Å². The monoisotopic (exact) mass is 685 g/mol. The lowest BCUT2D eigenvalue weighted by molar-refractivity contribution is -0.175. The maximum Gasteiger partial charge on any atom is 0.340 e. The number of aliphatic hydroxyl groups is 2. The predicted molar refractivity (Wildman–Crippen MR) is 178 cm³/mol. The van der Waals surface area contributed by atoms with Crippen molar-refractivity contribution in [3.8, 4) is 0 Å². The van der Waals surface area contributed by atoms with E-state index in [0.717, 1.165) is 38.5 Å². The highest BCUT2D eigenvalue weighted by Crippen LogP contribution is 2.68. The van der Waals surface area contributed by atoms with Crippen molar-refractivity contribution in [3.63, 3.8) is 0 Å². The van der Waals surface area contributed by atoms with Crippen LogP contribution in [0.25, 0.3) is 0 Å². The first-order valence-electron chi connectivity index (χ1n) is 18.2. The van der Waals surface area contributed by atoms with Crippen LogP contribution in [0.4, 0.5) is 0 Å². The standard InChI is InChI=1S/C38H55NO10/c1-22(29-12-13-30-28-11-10-26-19-27(40)16-17-37(26,2)31(28)20-32(41)38(29,30)3)4-15-34(43)48-21-49-36(46)24-7-5-23(6-8-24)18-25(35(44)45)9-14-33(42)39-47/h5-8,22,25-32,40-41,47H,4,9-21H2,1-3H3,(H,39,42)(H,44,45)/t22-,25?,26-,27-,28+,29-,30+,31+,32+,37+,38-/m1/s1. The maximum atomic E-state index is 12.6. The summed E-state index contributed by atoms with van der Waals surface area (Å²) in [5.41, 5.74) is 2.38. The molecule has 272 valence electrons. The molecule has 0 aliphatic heterocycles. The number of carbonyl (C=O) groups excluding carboxylic acids is 3. The fourth-order valence-corrected chi connectivity index (χ4v) is 10.7. The molecule has 0 saturated heterocycles. The Morgan fingerprint density at radius 3 is 2.35 bits per heavy atom. The highest BCUT2D eigenvalue weighted by Gasteiger charge is 2.63. The Morgan fingerprint density at radius 2 is 1.65 bits per heavy atom. The smallest absolute Gasteiger partial charge is 0.340 e. The van der Waals surface area contributed by atoms with Crippen LogP contribution in [0.3, 0.4) is 0 Å². The second kappa shape index (κ2) is 15.5. The molecule has 4 aliphatic carbocycles. The molecule has 49 heavy (non-hydrogen) atoms. The van der Waals surface area contributed by atoms with Gasteiger partial charge in [-0.1, -0.05) is 32.9 Å². The topological polar surface area (TPSA) is 180 Å². The highest BCUT2D eigenvalue weighted by atomic mass is 16.7. The fraction of sp³-hybridized carbons (Fsp3) is 0.737. The van der Waals surface area contributed by atoms with Crippen LogP contribution in [0.1, 0.15) is 114 Å². The molecule has 11 atom stereocenters. The molecule has 0 heterocycles. The van der Waals surface area contributed by atoms with Gasteiger partial charge in [-0.15, -0.1) is 0 Å². The lowest BCUT2D eigenvalue weighted by Crippen LogP contribution is -2.58. The van der Waals surface area contributed by atoms with E-state index in [1.165, 1.54) is 30.5 Å². The maximum absolute atomic E-state index is 12.6. The average Bonchev–Trinajstić information content (AvgIpc) is 3.44. The Kier molecular flexibility index (Phi) is 11.8. The summed E-state index contributed by atoms with van der Waals surface area (Å²) < 4.78 is 10.4. The minimum Gasteiger partial charge on any atom is -0.481 e. The number of aliphatic hydroxyl groups excluding tert-OH is 2. The van der Waals surface area contributed by atoms with Gasteiger partial charge in [0.1, 0.15) is 0 Å². The van der Waals surface area contributed by atoms with Gasteiger partial charge in [-0.05, 0) is 135 Å². The molecule has 5 rings (SSSR count). The van der Waals surface area contributed by atoms with Gasteiger partial charge in [0.05, 0.1) is 23.7 Å². The van der Waals surface area contributed by atoms with E-state index in [1.807, 2.05) is 0 Å². The number of esters is 2. The molecular weight excluding hydrogens is 630 g/mol. The van der Waals surface area contributed by atoms with Gasteiger partial charge in [0.2, 0.25) is 12.7 Å². The minimum atomic E-state index is -1.06. The Balaban J connectivity index is 1.06. The second-order valence-corrected chi connectivity index (χ2v) is 16.0. The van der Waals surface area contributed by atoms with Crippen LogP contribution in [0.5, 0.6) is 0 Å². The zero-order valence-electron chi connectivity index (χ0n) is 29.1. The van der Waals surface area contributed by atoms with Crippen LogP contribution in [0.2, 0.25) is 0 Å². The number of carboxylic acids is 1. The summed E-state index contributed by atoms with van der Waals surface area (Å²) >= 11 is 0. The zero-order valence-corrected chi connectivity index (χ0v) is 29.1. The van der Waals surface area contributed by atoms with Crippen LogP contribution >= 0.6 is 0 Å². The first-order chi connectivity index (χ1) is 23.3. The Bertz CT molecular complexity index is 1350. The number of ether oxygens (including phenoxy) is 2. The lowest BCUT2D eigenvalue weighted by Gasteiger charge is -2.62. The van der Waals surface area contributed by atoms with Gasteiger partial charge < -0.3 is 24.8 Å². The summed E-state index contributed by atoms with van der Waals surface area (Å²) in [4.78, 5) is 48.0. The van der Waals surface area contributed by atoms with Gasteiger partial charge in [0, 0.05) is 12.8 Å². The summed E-state index contributed by atoms with van der Waals surface area (Å²) in [5, 5.41) is 40.2. The largest absolute Gasteiger partial charge is 0.481 e. The molecule has 1 aromatic carbocycles. The first-order valence-corrected chi connectivity index (χ1v) is 18.2. The number of hydroxylamine groups is 1. The quantitative estimate of drug-likeness (QED) is 0.0794. The molecule has 4 aliphatic rings. The molecule has 11 heteroatoms. The Labute approximate surface area is 289 Å². The van der Waals surface area contributed by atoms with Crippen LogP contribution in [0.15, 0.2) is 24.3 Å². The van der Waals surface area contributed by atoms with Gasteiger partial charge in [-0.2, -0.15) is 0 Å². The summed E-state index contributed by atoms with van der Waals surface area (Å²) in [6, 6.07) is 6.22. The molecule has 0 spiro atoms. The van der Waals surface area contributed by atoms with E-state index in [9.17, 15) is 34.5 Å². The first kappa shape index (κ1) is 37.2. The third kappa shape index (κ3) is 7.84. The van der Waals surface area contributed by atoms with Crippen LogP contribution in [-0.4, -0.2) is 63.3 Å². The number of hydrogen-bond acceptors (Lipinski definition) is 9. The normalized spacial score (nSPS) is 34.8. The highest BCUT2D eigenvalue weighted by molar-refractivity contribution is 5.89. The van der Waals surface area contributed by atoms with Crippen molar-refractivity contribution in [1.29, 1.82) is 0 Å². The van der Waals surface area contributed by atoms with Crippen molar-refractivity contribution in [1.82, 2.24) is 5.48 Å². The molecule has 1 unspecified atom stereocenters. The third-order valence-corrected chi connectivity index (χ3v) is 13.6. The lowest BCUT2D eigenvalue weighted by atomic mass is 9.43. The van der Waals surface area contributed by atoms with E-state index >= 15 is 0 Å². The summed E-state index contributed by atoms with van der Waals surface area (Å²) in [6.45, 7) is 6.39. The number of nitrogens with one attached hydrogen (secondary N) is 1. The minimum absolute atomic E-state index is 0.0475. The summed E-state index contributed by atoms with van der Waals surface area (Å²) in [5.74, 6) is -1.03. The molecule has 4 saturated carbocycles. The molecule has 0 bridgehead atoms. The van der Waals surface area contributed by atoms with Gasteiger partial charge >= 0.3 is 17.9 Å². The van der Waals surface area contributed by atoms with Crippen molar-refractivity contribution < 1.29 is 49.2 Å². The predicted octanol–water partition coefficient (Wildman–Crippen LogP) is 5.28. The van der Waals surface area contributed by atoms with E-state index in [4.69, 9.17) is 14.7 Å². The molecule has 1 amide bonds. The van der Waals surface area contributed by atoms with Crippen LogP contribution in [-0.2, 0) is 30.3 Å². The van der Waals surface area contributed by atoms with Crippen molar-refractivity contribution in [2.45, 2.75) is 116 Å². The average molecular weight is 686 g/mol. The van der Waals surface area contributed by atoms with Gasteiger partial charge in [0.25, 0.3) is 0 Å². The number of carboxylic acid groups (broad SMARTS) is 1. The van der Waals surface area contributed by atoms with E-state index in [-0.39, 0.29) is 60.2 Å². The Hall–Kier alpha value is -3.02. The van der Waals surface area contributed by atoms with E-state index in [0.29, 0.717) is 41.6 Å². The van der Waals surface area contributed by atoms with Gasteiger partial charge in [0.15, 0.2) is 0 Å². The van der Waals surface area contributed by atoms with Crippen molar-refractivity contribution in [3.05, 3.63) is 35.4 Å². The Morgan fingerprint density at radius 1 is 0.918 bits per heavy atom. The number of hydrogen-bond donors (Lipinski definition) is 5. The number of carbonyl (C=O) groups is 4. The zero-order chi connectivity index (χ0) is 35.5. The molecular formula is C38H55NO10. The number of amides is 1. The molecule has 0 aromatic heterocycles. The van der Waals surface area contributed by atoms with Gasteiger partial charge in [-0.3, -0.25) is 19.6 Å². The molecule has 4 fully saturated rings. The van der Waals surface area contributed by atoms with Gasteiger partial charge in [-0.25, -0.2) is 10.3 Å². The summed E-state index contributed by atoms with van der Waals surface area (Å²) in [7, 11) is 0. The number of aliphatic carboxylic acids is 1. The number of fused-ring (bicyclic) bond motifs is 5. The van der Waals surface area contributed by atoms with E-state index in [1.54, 1.807) is 12.1 Å². The van der Waals surface area contributed by atoms with Crippen LogP contribution < -0.4 is 5.48 Å². The third-order valence-electron chi connectivity index (χ3n) is 13.6. The van der Waals surface area contributed by atoms with Crippen molar-refractivity contribution >= 4 is 23.8 Å². The second-order valence-electron chi connectivity index (χ2n) is 16.0. The fourth-order valence-electron chi connectivity index (χ4n) is 10.7. The molecule has 5 N–H and O–H groups in total. The van der Waals surface area contributed by atoms with E-state index < -0.39 is 36.5 Å². The summed E-state index contributed by atoms with van der Waals surface area (Å²) in [6.07, 6.45) is 8.46. The van der Waals surface area contributed by atoms with E-state index in [2.05, 4.69) is 20.8 Å². The number of rotatable bonds is 13. The number of benzene rings is 1. The molecule has 1 aromatic rings. The molecule has 11 nitrogen and oxygen atoms in total. The SMILES string of the molecule is C[C@H](CCC(=O)OCOC(=O)c1ccc(CC(CCC(=O)NO)C(=O)O)cc1)[C@H]1CC[C@H]2[C@@H]3CC[C@@H]4C[C@H](O)CC[C@]4(C)[C@H]3C[C@H](O)[C@]12C.